The Labute approximate surface area is 112 Å². The van der Waals surface area contributed by atoms with Crippen molar-refractivity contribution in [2.75, 3.05) is 6.54 Å². The van der Waals surface area contributed by atoms with Crippen molar-refractivity contribution < 1.29 is 4.79 Å². The van der Waals surface area contributed by atoms with Crippen molar-refractivity contribution in [3.63, 3.8) is 0 Å². The van der Waals surface area contributed by atoms with Crippen LogP contribution in [0.5, 0.6) is 0 Å². The average molecular weight is 258 g/mol. The van der Waals surface area contributed by atoms with Gasteiger partial charge in [-0.3, -0.25) is 4.79 Å². The van der Waals surface area contributed by atoms with Gasteiger partial charge in [-0.05, 0) is 24.1 Å². The van der Waals surface area contributed by atoms with Crippen LogP contribution >= 0.6 is 0 Å². The Kier molecular flexibility index (Phi) is 4.69. The van der Waals surface area contributed by atoms with E-state index in [1.165, 1.54) is 0 Å². The molecule has 0 radical (unpaired) electrons. The van der Waals surface area contributed by atoms with Gasteiger partial charge >= 0.3 is 0 Å². The highest BCUT2D eigenvalue weighted by Crippen LogP contribution is 2.04. The second-order valence-corrected chi connectivity index (χ2v) is 4.30. The first-order valence-corrected chi connectivity index (χ1v) is 6.35. The molecule has 0 fully saturated rings. The number of hydrogen-bond acceptors (Lipinski definition) is 3. The third-order valence-electron chi connectivity index (χ3n) is 2.86. The molecular formula is C14H18N4O. The summed E-state index contributed by atoms with van der Waals surface area (Å²) in [7, 11) is 0. The van der Waals surface area contributed by atoms with Crippen molar-refractivity contribution in [1.29, 1.82) is 0 Å². The van der Waals surface area contributed by atoms with Crippen LogP contribution in [0.1, 0.15) is 28.2 Å². The maximum atomic E-state index is 11.9. The third kappa shape index (κ3) is 3.93. The molecule has 0 atom stereocenters. The summed E-state index contributed by atoms with van der Waals surface area (Å²) in [6.45, 7) is 1.08. The Morgan fingerprint density at radius 2 is 2.32 bits per heavy atom. The fourth-order valence-electron chi connectivity index (χ4n) is 1.83. The number of aryl methyl sites for hydroxylation is 1. The van der Waals surface area contributed by atoms with Crippen molar-refractivity contribution in [3.05, 3.63) is 53.6 Å². The van der Waals surface area contributed by atoms with E-state index in [1.54, 1.807) is 18.5 Å². The van der Waals surface area contributed by atoms with Gasteiger partial charge in [0.1, 0.15) is 5.82 Å². The van der Waals surface area contributed by atoms with E-state index in [2.05, 4.69) is 15.3 Å². The largest absolute Gasteiger partial charge is 0.352 e. The van der Waals surface area contributed by atoms with Gasteiger partial charge in [-0.25, -0.2) is 4.98 Å². The van der Waals surface area contributed by atoms with Crippen LogP contribution in [0.15, 0.2) is 36.7 Å². The summed E-state index contributed by atoms with van der Waals surface area (Å²) in [6.07, 6.45) is 5.21. The quantitative estimate of drug-likeness (QED) is 0.681. The van der Waals surface area contributed by atoms with Gasteiger partial charge in [0.05, 0.1) is 0 Å². The highest BCUT2D eigenvalue weighted by atomic mass is 16.1. The molecule has 0 aliphatic carbocycles. The number of aromatic nitrogens is 2. The molecule has 1 aromatic heterocycles. The van der Waals surface area contributed by atoms with Gasteiger partial charge in [0.2, 0.25) is 0 Å². The number of carbonyl (C=O) groups excluding carboxylic acids is 1. The number of aromatic amines is 1. The van der Waals surface area contributed by atoms with E-state index >= 15 is 0 Å². The molecule has 5 heteroatoms. The summed E-state index contributed by atoms with van der Waals surface area (Å²) in [5, 5.41) is 2.89. The van der Waals surface area contributed by atoms with E-state index in [1.807, 2.05) is 18.2 Å². The Balaban J connectivity index is 1.77. The highest BCUT2D eigenvalue weighted by molar-refractivity contribution is 5.94. The molecule has 100 valence electrons. The number of benzene rings is 1. The zero-order valence-corrected chi connectivity index (χ0v) is 10.7. The first kappa shape index (κ1) is 13.3. The van der Waals surface area contributed by atoms with Crippen LogP contribution < -0.4 is 11.1 Å². The normalized spacial score (nSPS) is 10.4. The van der Waals surface area contributed by atoms with E-state index in [0.717, 1.165) is 24.2 Å². The van der Waals surface area contributed by atoms with Gasteiger partial charge in [0.25, 0.3) is 5.91 Å². The van der Waals surface area contributed by atoms with Crippen molar-refractivity contribution in [1.82, 2.24) is 15.3 Å². The monoisotopic (exact) mass is 258 g/mol. The summed E-state index contributed by atoms with van der Waals surface area (Å²) >= 11 is 0. The van der Waals surface area contributed by atoms with Crippen LogP contribution in [0.4, 0.5) is 0 Å². The molecule has 0 bridgehead atoms. The number of rotatable bonds is 6. The molecule has 0 unspecified atom stereocenters. The van der Waals surface area contributed by atoms with Gasteiger partial charge in [0.15, 0.2) is 0 Å². The minimum atomic E-state index is -0.0604. The molecule has 2 rings (SSSR count). The van der Waals surface area contributed by atoms with Crippen LogP contribution in [0.3, 0.4) is 0 Å². The summed E-state index contributed by atoms with van der Waals surface area (Å²) in [5.41, 5.74) is 7.17. The molecule has 0 saturated heterocycles. The molecule has 1 aromatic carbocycles. The molecule has 1 amide bonds. The fourth-order valence-corrected chi connectivity index (χ4v) is 1.83. The summed E-state index contributed by atoms with van der Waals surface area (Å²) < 4.78 is 0. The third-order valence-corrected chi connectivity index (χ3v) is 2.86. The molecule has 1 heterocycles. The van der Waals surface area contributed by atoms with Gasteiger partial charge < -0.3 is 16.0 Å². The zero-order chi connectivity index (χ0) is 13.5. The molecule has 4 N–H and O–H groups in total. The van der Waals surface area contributed by atoms with Gasteiger partial charge in [-0.15, -0.1) is 0 Å². The van der Waals surface area contributed by atoms with E-state index in [9.17, 15) is 4.79 Å². The van der Waals surface area contributed by atoms with Gasteiger partial charge in [-0.1, -0.05) is 12.1 Å². The minimum Gasteiger partial charge on any atom is -0.352 e. The van der Waals surface area contributed by atoms with E-state index in [4.69, 9.17) is 5.73 Å². The van der Waals surface area contributed by atoms with E-state index in [-0.39, 0.29) is 5.91 Å². The van der Waals surface area contributed by atoms with Gasteiger partial charge in [-0.2, -0.15) is 0 Å². The first-order valence-electron chi connectivity index (χ1n) is 6.35. The Hall–Kier alpha value is -2.14. The molecule has 0 saturated carbocycles. The van der Waals surface area contributed by atoms with Gasteiger partial charge in [0, 0.05) is 37.5 Å². The number of hydrogen-bond donors (Lipinski definition) is 3. The second kappa shape index (κ2) is 6.70. The topological polar surface area (TPSA) is 83.8 Å². The number of H-pyrrole nitrogens is 1. The molecule has 0 aliphatic heterocycles. The van der Waals surface area contributed by atoms with Crippen molar-refractivity contribution in [3.8, 4) is 0 Å². The highest BCUT2D eigenvalue weighted by Gasteiger charge is 2.05. The van der Waals surface area contributed by atoms with Crippen molar-refractivity contribution in [2.45, 2.75) is 19.4 Å². The molecule has 2 aromatic rings. The number of carbonyl (C=O) groups is 1. The second-order valence-electron chi connectivity index (χ2n) is 4.30. The minimum absolute atomic E-state index is 0.0604. The lowest BCUT2D eigenvalue weighted by Gasteiger charge is -2.05. The predicted molar refractivity (Wildman–Crippen MR) is 73.6 cm³/mol. The lowest BCUT2D eigenvalue weighted by atomic mass is 10.1. The Morgan fingerprint density at radius 1 is 1.42 bits per heavy atom. The predicted octanol–water partition coefficient (Wildman–Crippen LogP) is 1.23. The van der Waals surface area contributed by atoms with E-state index < -0.39 is 0 Å². The summed E-state index contributed by atoms with van der Waals surface area (Å²) in [5.74, 6) is 0.883. The number of nitrogens with one attached hydrogen (secondary N) is 2. The first-order chi connectivity index (χ1) is 9.29. The van der Waals surface area contributed by atoms with Crippen LogP contribution in [-0.2, 0) is 13.0 Å². The molecule has 5 nitrogen and oxygen atoms in total. The molecular weight excluding hydrogens is 240 g/mol. The fraction of sp³-hybridized carbons (Fsp3) is 0.286. The Morgan fingerprint density at radius 3 is 3.05 bits per heavy atom. The van der Waals surface area contributed by atoms with E-state index in [0.29, 0.717) is 18.7 Å². The maximum Gasteiger partial charge on any atom is 0.251 e. The number of amides is 1. The van der Waals surface area contributed by atoms with Crippen molar-refractivity contribution >= 4 is 5.91 Å². The smallest absolute Gasteiger partial charge is 0.251 e. The van der Waals surface area contributed by atoms with Crippen LogP contribution in [0, 0.1) is 0 Å². The van der Waals surface area contributed by atoms with Crippen LogP contribution in [-0.4, -0.2) is 22.4 Å². The zero-order valence-electron chi connectivity index (χ0n) is 10.7. The lowest BCUT2D eigenvalue weighted by molar-refractivity contribution is 0.0953. The lowest BCUT2D eigenvalue weighted by Crippen LogP contribution is -2.25. The summed E-state index contributed by atoms with van der Waals surface area (Å²) in [6, 6.07) is 7.37. The standard InChI is InChI=1S/C14H18N4O/c15-10-11-3-1-4-12(9-11)14(19)18-6-2-5-13-16-7-8-17-13/h1,3-4,7-9H,2,5-6,10,15H2,(H,16,17)(H,18,19). The number of nitrogens with zero attached hydrogens (tertiary/aromatic N) is 1. The maximum absolute atomic E-state index is 11.9. The molecule has 0 spiro atoms. The number of imidazole rings is 1. The SMILES string of the molecule is NCc1cccc(C(=O)NCCCc2ncc[nH]2)c1. The Bertz CT molecular complexity index is 522. The number of nitrogens with two attached hydrogens (primary N) is 1. The van der Waals surface area contributed by atoms with Crippen LogP contribution in [0.25, 0.3) is 0 Å². The molecule has 19 heavy (non-hydrogen) atoms. The average Bonchev–Trinajstić information content (AvgIpc) is 2.96. The molecule has 0 aliphatic rings. The van der Waals surface area contributed by atoms with Crippen LogP contribution in [0.2, 0.25) is 0 Å². The van der Waals surface area contributed by atoms with Crippen molar-refractivity contribution in [2.24, 2.45) is 5.73 Å². The summed E-state index contributed by atoms with van der Waals surface area (Å²) in [4.78, 5) is 19.1.